The lowest BCUT2D eigenvalue weighted by Crippen LogP contribution is -2.66. The Morgan fingerprint density at radius 3 is 1.22 bits per heavy atom. The van der Waals surface area contributed by atoms with Gasteiger partial charge in [0.1, 0.15) is 0 Å². The molecule has 4 rings (SSSR count). The van der Waals surface area contributed by atoms with Crippen molar-refractivity contribution in [3.05, 3.63) is 0 Å². The summed E-state index contributed by atoms with van der Waals surface area (Å²) < 4.78 is 0. The average molecular weight is 324 g/mol. The van der Waals surface area contributed by atoms with E-state index >= 15 is 0 Å². The van der Waals surface area contributed by atoms with Crippen LogP contribution >= 0.6 is 0 Å². The van der Waals surface area contributed by atoms with E-state index in [1.807, 2.05) is 0 Å². The second-order valence-corrected chi connectivity index (χ2v) is 8.09. The molecule has 8 nitrogen and oxygen atoms in total. The molecule has 0 aromatic rings. The van der Waals surface area contributed by atoms with Gasteiger partial charge in [0.05, 0.1) is 21.7 Å². The molecule has 4 atom stereocenters. The van der Waals surface area contributed by atoms with Crippen molar-refractivity contribution in [3.8, 4) is 0 Å². The van der Waals surface area contributed by atoms with Crippen LogP contribution in [0.5, 0.6) is 0 Å². The fourth-order valence-electron chi connectivity index (χ4n) is 6.91. The highest BCUT2D eigenvalue weighted by Gasteiger charge is 2.93. The van der Waals surface area contributed by atoms with E-state index in [0.717, 1.165) is 0 Å². The van der Waals surface area contributed by atoms with Gasteiger partial charge in [-0.1, -0.05) is 0 Å². The fourth-order valence-corrected chi connectivity index (χ4v) is 6.91. The van der Waals surface area contributed by atoms with E-state index in [1.165, 1.54) is 0 Å². The lowest BCUT2D eigenvalue weighted by Gasteiger charge is -2.61. The van der Waals surface area contributed by atoms with Crippen molar-refractivity contribution in [2.45, 2.75) is 38.5 Å². The van der Waals surface area contributed by atoms with Gasteiger partial charge in [-0.15, -0.1) is 0 Å². The van der Waals surface area contributed by atoms with E-state index < -0.39 is 51.0 Å². The summed E-state index contributed by atoms with van der Waals surface area (Å²) in [6.45, 7) is 0. The normalized spacial score (nSPS) is 51.8. The zero-order valence-electron chi connectivity index (χ0n) is 12.2. The Bertz CT molecular complexity index is 646. The van der Waals surface area contributed by atoms with E-state index in [0.29, 0.717) is 0 Å². The molecule has 4 aliphatic carbocycles. The molecule has 0 heterocycles. The Labute approximate surface area is 130 Å². The van der Waals surface area contributed by atoms with Gasteiger partial charge in [0, 0.05) is 5.41 Å². The number of carboxylic acid groups (broad SMARTS) is 4. The summed E-state index contributed by atoms with van der Waals surface area (Å²) in [7, 11) is 0. The van der Waals surface area contributed by atoms with Gasteiger partial charge in [-0.3, -0.25) is 19.2 Å². The SMILES string of the molecule is O=C(O)C12CC3(C(=O)O)CC4(C(=O)O)CC(C(=O)O)(C1)C4(C2)C3. The standard InChI is InChI=1S/C15H16O8/c16-7(17)11-1-12(8(18)19)3-14(10(22)23)6-13(2-11,9(20)21)15(14,4-11)5-12/h1-6H2,(H,16,17)(H,18,19)(H,20,21)(H,22,23). The third-order valence-electron chi connectivity index (χ3n) is 7.40. The van der Waals surface area contributed by atoms with E-state index in [4.69, 9.17) is 0 Å². The summed E-state index contributed by atoms with van der Waals surface area (Å²) in [6.07, 6.45) is -0.805. The maximum Gasteiger partial charge on any atom is 0.310 e. The van der Waals surface area contributed by atoms with Crippen LogP contribution in [0.3, 0.4) is 0 Å². The van der Waals surface area contributed by atoms with Gasteiger partial charge in [0.15, 0.2) is 0 Å². The minimum absolute atomic E-state index is 0.0526. The van der Waals surface area contributed by atoms with Gasteiger partial charge in [-0.05, 0) is 38.5 Å². The van der Waals surface area contributed by atoms with Crippen molar-refractivity contribution in [1.29, 1.82) is 0 Å². The first-order valence-electron chi connectivity index (χ1n) is 7.45. The highest BCUT2D eigenvalue weighted by Crippen LogP contribution is 2.91. The first-order chi connectivity index (χ1) is 10.5. The number of carboxylic acids is 4. The fraction of sp³-hybridized carbons (Fsp3) is 0.733. The zero-order chi connectivity index (χ0) is 17.1. The quantitative estimate of drug-likeness (QED) is 0.589. The van der Waals surface area contributed by atoms with Crippen molar-refractivity contribution in [2.24, 2.45) is 27.1 Å². The second-order valence-electron chi connectivity index (χ2n) is 8.09. The summed E-state index contributed by atoms with van der Waals surface area (Å²) in [4.78, 5) is 47.7. The first-order valence-corrected chi connectivity index (χ1v) is 7.45. The third kappa shape index (κ3) is 1.10. The molecule has 0 radical (unpaired) electrons. The highest BCUT2D eigenvalue weighted by atomic mass is 16.4. The number of rotatable bonds is 4. The number of fused-ring (bicyclic) bond motifs is 2. The Hall–Kier alpha value is -2.12. The molecular weight excluding hydrogens is 308 g/mol. The summed E-state index contributed by atoms with van der Waals surface area (Å²) in [5, 5.41) is 38.9. The van der Waals surface area contributed by atoms with Gasteiger partial charge in [-0.25, -0.2) is 0 Å². The topological polar surface area (TPSA) is 149 Å². The van der Waals surface area contributed by atoms with Crippen LogP contribution in [0.4, 0.5) is 0 Å². The van der Waals surface area contributed by atoms with Crippen molar-refractivity contribution >= 4 is 23.9 Å². The summed E-state index contributed by atoms with van der Waals surface area (Å²) in [5.41, 5.74) is -7.05. The molecule has 0 saturated heterocycles. The van der Waals surface area contributed by atoms with Gasteiger partial charge in [0.25, 0.3) is 0 Å². The van der Waals surface area contributed by atoms with Gasteiger partial charge in [-0.2, -0.15) is 0 Å². The van der Waals surface area contributed by atoms with Crippen molar-refractivity contribution in [2.75, 3.05) is 0 Å². The molecule has 1 spiro atoms. The molecule has 4 saturated carbocycles. The van der Waals surface area contributed by atoms with E-state index in [9.17, 15) is 39.6 Å². The Kier molecular flexibility index (Phi) is 2.12. The Balaban J connectivity index is 2.01. The minimum atomic E-state index is -1.46. The molecule has 0 aromatic heterocycles. The zero-order valence-corrected chi connectivity index (χ0v) is 12.2. The van der Waals surface area contributed by atoms with Crippen LogP contribution in [0.25, 0.3) is 0 Å². The molecule has 0 amide bonds. The minimum Gasteiger partial charge on any atom is -0.481 e. The van der Waals surface area contributed by atoms with Crippen LogP contribution in [0, 0.1) is 27.1 Å². The molecule has 4 unspecified atom stereocenters. The lowest BCUT2D eigenvalue weighted by molar-refractivity contribution is -0.217. The maximum atomic E-state index is 12.0. The largest absolute Gasteiger partial charge is 0.481 e. The maximum absolute atomic E-state index is 12.0. The molecule has 3 bridgehead atoms. The van der Waals surface area contributed by atoms with Gasteiger partial charge >= 0.3 is 23.9 Å². The van der Waals surface area contributed by atoms with E-state index in [2.05, 4.69) is 0 Å². The number of aliphatic carboxylic acids is 4. The summed E-state index contributed by atoms with van der Waals surface area (Å²) in [6, 6.07) is 0. The molecule has 124 valence electrons. The van der Waals surface area contributed by atoms with E-state index in [-0.39, 0.29) is 38.5 Å². The molecular formula is C15H16O8. The van der Waals surface area contributed by atoms with Crippen LogP contribution in [-0.4, -0.2) is 44.3 Å². The molecule has 4 aliphatic rings. The van der Waals surface area contributed by atoms with E-state index in [1.54, 1.807) is 0 Å². The predicted molar refractivity (Wildman–Crippen MR) is 70.4 cm³/mol. The monoisotopic (exact) mass is 324 g/mol. The molecule has 4 fully saturated rings. The number of hydrogen-bond acceptors (Lipinski definition) is 4. The Morgan fingerprint density at radius 1 is 0.522 bits per heavy atom. The second kappa shape index (κ2) is 3.37. The van der Waals surface area contributed by atoms with Crippen LogP contribution in [0.1, 0.15) is 38.5 Å². The van der Waals surface area contributed by atoms with Crippen LogP contribution < -0.4 is 0 Å². The number of hydrogen-bond donors (Lipinski definition) is 4. The average Bonchev–Trinajstić information content (AvgIpc) is 2.71. The summed E-state index contributed by atoms with van der Waals surface area (Å²) in [5.74, 6) is -4.81. The highest BCUT2D eigenvalue weighted by molar-refractivity contribution is 5.94. The van der Waals surface area contributed by atoms with Crippen molar-refractivity contribution < 1.29 is 39.6 Å². The van der Waals surface area contributed by atoms with Crippen LogP contribution in [-0.2, 0) is 19.2 Å². The van der Waals surface area contributed by atoms with Crippen LogP contribution in [0.2, 0.25) is 0 Å². The number of carbonyl (C=O) groups is 4. The first kappa shape index (κ1) is 14.5. The third-order valence-corrected chi connectivity index (χ3v) is 7.40. The summed E-state index contributed by atoms with van der Waals surface area (Å²) >= 11 is 0. The van der Waals surface area contributed by atoms with Crippen LogP contribution in [0.15, 0.2) is 0 Å². The van der Waals surface area contributed by atoms with Crippen molar-refractivity contribution in [1.82, 2.24) is 0 Å². The predicted octanol–water partition coefficient (Wildman–Crippen LogP) is 0.652. The molecule has 0 aromatic carbocycles. The van der Waals surface area contributed by atoms with Gasteiger partial charge < -0.3 is 20.4 Å². The van der Waals surface area contributed by atoms with Crippen molar-refractivity contribution in [3.63, 3.8) is 0 Å². The molecule has 23 heavy (non-hydrogen) atoms. The molecule has 4 N–H and O–H groups in total. The molecule has 8 heteroatoms. The Morgan fingerprint density at radius 2 is 0.913 bits per heavy atom. The molecule has 0 aliphatic heterocycles. The smallest absolute Gasteiger partial charge is 0.310 e. The lowest BCUT2D eigenvalue weighted by atomic mass is 9.38. The van der Waals surface area contributed by atoms with Gasteiger partial charge in [0.2, 0.25) is 0 Å².